The third-order valence-corrected chi connectivity index (χ3v) is 5.13. The Balaban J connectivity index is 1.39. The van der Waals surface area contributed by atoms with E-state index in [1.807, 2.05) is 30.3 Å². The minimum absolute atomic E-state index is 0.0176. The normalized spacial score (nSPS) is 16.8. The summed E-state index contributed by atoms with van der Waals surface area (Å²) in [7, 11) is 0. The van der Waals surface area contributed by atoms with E-state index in [1.54, 1.807) is 0 Å². The van der Waals surface area contributed by atoms with E-state index in [1.165, 1.54) is 22.9 Å². The van der Waals surface area contributed by atoms with Gasteiger partial charge in [-0.25, -0.2) is 4.98 Å². The standard InChI is InChI=1S/C19H18N2O2S/c22-18(12-24-19-21-16-9-3-4-11-17(16)23-19)20-15-10-5-7-13-6-1-2-8-14(13)15/h1-4,6,8-9,11,15H,5,7,10,12H2,(H,20,22)/t15-/m1/s1. The number of thioether (sulfide) groups is 1. The van der Waals surface area contributed by atoms with Crippen molar-refractivity contribution in [2.24, 2.45) is 0 Å². The molecule has 1 aromatic heterocycles. The van der Waals surface area contributed by atoms with Gasteiger partial charge in [0.25, 0.3) is 5.22 Å². The van der Waals surface area contributed by atoms with Gasteiger partial charge >= 0.3 is 0 Å². The lowest BCUT2D eigenvalue weighted by Gasteiger charge is -2.26. The van der Waals surface area contributed by atoms with Crippen molar-refractivity contribution in [3.8, 4) is 0 Å². The third kappa shape index (κ3) is 3.17. The first-order chi connectivity index (χ1) is 11.8. The van der Waals surface area contributed by atoms with Gasteiger partial charge in [0.15, 0.2) is 5.58 Å². The quantitative estimate of drug-likeness (QED) is 0.727. The largest absolute Gasteiger partial charge is 0.431 e. The summed E-state index contributed by atoms with van der Waals surface area (Å²) in [5.41, 5.74) is 4.17. The van der Waals surface area contributed by atoms with Crippen LogP contribution in [0.4, 0.5) is 0 Å². The molecule has 1 aliphatic rings. The summed E-state index contributed by atoms with van der Waals surface area (Å²) in [6.07, 6.45) is 3.21. The maximum atomic E-state index is 12.3. The summed E-state index contributed by atoms with van der Waals surface area (Å²) in [6, 6.07) is 16.1. The number of nitrogens with one attached hydrogen (secondary N) is 1. The first-order valence-electron chi connectivity index (χ1n) is 8.15. The number of oxazole rings is 1. The zero-order valence-electron chi connectivity index (χ0n) is 13.2. The second kappa shape index (κ2) is 6.69. The van der Waals surface area contributed by atoms with E-state index in [0.717, 1.165) is 30.4 Å². The maximum Gasteiger partial charge on any atom is 0.257 e. The predicted octanol–water partition coefficient (Wildman–Crippen LogP) is 4.11. The van der Waals surface area contributed by atoms with Crippen LogP contribution in [0.15, 0.2) is 58.2 Å². The second-order valence-electron chi connectivity index (χ2n) is 5.95. The molecule has 1 N–H and O–H groups in total. The fourth-order valence-corrected chi connectivity index (χ4v) is 3.83. The molecular weight excluding hydrogens is 320 g/mol. The van der Waals surface area contributed by atoms with E-state index in [9.17, 15) is 4.79 Å². The highest BCUT2D eigenvalue weighted by Crippen LogP contribution is 2.30. The fraction of sp³-hybridized carbons (Fsp3) is 0.263. The molecule has 1 aliphatic carbocycles. The van der Waals surface area contributed by atoms with Crippen LogP contribution < -0.4 is 5.32 Å². The number of para-hydroxylation sites is 2. The second-order valence-corrected chi connectivity index (χ2v) is 6.87. The van der Waals surface area contributed by atoms with Gasteiger partial charge in [-0.1, -0.05) is 48.2 Å². The third-order valence-electron chi connectivity index (χ3n) is 4.31. The molecule has 0 unspecified atom stereocenters. The molecule has 4 rings (SSSR count). The molecule has 0 aliphatic heterocycles. The average Bonchev–Trinajstić information content (AvgIpc) is 3.03. The Labute approximate surface area is 144 Å². The first kappa shape index (κ1) is 15.3. The van der Waals surface area contributed by atoms with Gasteiger partial charge in [-0.05, 0) is 42.5 Å². The number of carbonyl (C=O) groups excluding carboxylic acids is 1. The molecule has 1 atom stereocenters. The van der Waals surface area contributed by atoms with E-state index >= 15 is 0 Å². The highest BCUT2D eigenvalue weighted by molar-refractivity contribution is 7.99. The van der Waals surface area contributed by atoms with Crippen LogP contribution in [0.3, 0.4) is 0 Å². The van der Waals surface area contributed by atoms with Crippen LogP contribution in [0.1, 0.15) is 30.0 Å². The molecule has 4 nitrogen and oxygen atoms in total. The number of amides is 1. The molecule has 24 heavy (non-hydrogen) atoms. The molecule has 0 saturated heterocycles. The Morgan fingerprint density at radius 3 is 2.96 bits per heavy atom. The van der Waals surface area contributed by atoms with Crippen LogP contribution in [0, 0.1) is 0 Å². The van der Waals surface area contributed by atoms with Crippen LogP contribution in [0.25, 0.3) is 11.1 Å². The summed E-state index contributed by atoms with van der Waals surface area (Å²) < 4.78 is 5.64. The van der Waals surface area contributed by atoms with Crippen molar-refractivity contribution in [3.63, 3.8) is 0 Å². The van der Waals surface area contributed by atoms with Crippen molar-refractivity contribution >= 4 is 28.8 Å². The summed E-state index contributed by atoms with van der Waals surface area (Å²) >= 11 is 1.33. The molecule has 1 heterocycles. The number of aryl methyl sites for hydroxylation is 1. The smallest absolute Gasteiger partial charge is 0.257 e. The van der Waals surface area contributed by atoms with Gasteiger partial charge in [0, 0.05) is 0 Å². The molecule has 0 fully saturated rings. The van der Waals surface area contributed by atoms with Crippen LogP contribution >= 0.6 is 11.8 Å². The van der Waals surface area contributed by atoms with Crippen molar-refractivity contribution in [3.05, 3.63) is 59.7 Å². The van der Waals surface area contributed by atoms with Crippen LogP contribution in [0.5, 0.6) is 0 Å². The highest BCUT2D eigenvalue weighted by Gasteiger charge is 2.21. The number of hydrogen-bond acceptors (Lipinski definition) is 4. The van der Waals surface area contributed by atoms with Crippen molar-refractivity contribution in [2.45, 2.75) is 30.5 Å². The van der Waals surface area contributed by atoms with Gasteiger partial charge in [0.05, 0.1) is 11.8 Å². The Kier molecular flexibility index (Phi) is 4.26. The molecule has 0 saturated carbocycles. The average molecular weight is 338 g/mol. The highest BCUT2D eigenvalue weighted by atomic mass is 32.2. The summed E-state index contributed by atoms with van der Waals surface area (Å²) in [4.78, 5) is 16.7. The maximum absolute atomic E-state index is 12.3. The summed E-state index contributed by atoms with van der Waals surface area (Å²) in [5, 5.41) is 3.69. The molecule has 0 bridgehead atoms. The molecular formula is C19H18N2O2S. The Bertz CT molecular complexity index is 841. The van der Waals surface area contributed by atoms with E-state index in [4.69, 9.17) is 4.42 Å². The molecule has 2 aromatic carbocycles. The van der Waals surface area contributed by atoms with Crippen molar-refractivity contribution < 1.29 is 9.21 Å². The molecule has 0 spiro atoms. The first-order valence-corrected chi connectivity index (χ1v) is 9.14. The molecule has 122 valence electrons. The van der Waals surface area contributed by atoms with Crippen LogP contribution in [-0.2, 0) is 11.2 Å². The molecule has 5 heteroatoms. The number of nitrogens with zero attached hydrogens (tertiary/aromatic N) is 1. The number of aromatic nitrogens is 1. The van der Waals surface area contributed by atoms with Gasteiger partial charge in [-0.15, -0.1) is 0 Å². The lowest BCUT2D eigenvalue weighted by molar-refractivity contribution is -0.119. The van der Waals surface area contributed by atoms with Gasteiger partial charge in [0.1, 0.15) is 5.52 Å². The molecule has 3 aromatic rings. The Hall–Kier alpha value is -2.27. The molecule has 1 amide bonds. The van der Waals surface area contributed by atoms with Crippen LogP contribution in [-0.4, -0.2) is 16.6 Å². The van der Waals surface area contributed by atoms with Crippen molar-refractivity contribution in [2.75, 3.05) is 5.75 Å². The van der Waals surface area contributed by atoms with Gasteiger partial charge in [-0.2, -0.15) is 0 Å². The van der Waals surface area contributed by atoms with E-state index in [-0.39, 0.29) is 11.9 Å². The van der Waals surface area contributed by atoms with E-state index in [2.05, 4.69) is 28.5 Å². The topological polar surface area (TPSA) is 55.1 Å². The van der Waals surface area contributed by atoms with Crippen molar-refractivity contribution in [1.29, 1.82) is 0 Å². The van der Waals surface area contributed by atoms with E-state index < -0.39 is 0 Å². The number of rotatable bonds is 4. The SMILES string of the molecule is O=C(CSc1nc2ccccc2o1)N[C@@H]1CCCc2ccccc21. The number of fused-ring (bicyclic) bond motifs is 2. The zero-order valence-corrected chi connectivity index (χ0v) is 14.0. The summed E-state index contributed by atoms with van der Waals surface area (Å²) in [6.45, 7) is 0. The van der Waals surface area contributed by atoms with Crippen LogP contribution in [0.2, 0.25) is 0 Å². The van der Waals surface area contributed by atoms with Crippen molar-refractivity contribution in [1.82, 2.24) is 10.3 Å². The Morgan fingerprint density at radius 2 is 2.04 bits per heavy atom. The van der Waals surface area contributed by atoms with E-state index in [0.29, 0.717) is 11.0 Å². The van der Waals surface area contributed by atoms with Gasteiger partial charge in [-0.3, -0.25) is 4.79 Å². The lowest BCUT2D eigenvalue weighted by atomic mass is 9.88. The predicted molar refractivity (Wildman–Crippen MR) is 95.0 cm³/mol. The van der Waals surface area contributed by atoms with Gasteiger partial charge in [0.2, 0.25) is 5.91 Å². The fourth-order valence-electron chi connectivity index (χ4n) is 3.18. The Morgan fingerprint density at radius 1 is 1.21 bits per heavy atom. The minimum Gasteiger partial charge on any atom is -0.431 e. The van der Waals surface area contributed by atoms with Gasteiger partial charge < -0.3 is 9.73 Å². The number of carbonyl (C=O) groups is 1. The lowest BCUT2D eigenvalue weighted by Crippen LogP contribution is -2.32. The number of benzene rings is 2. The molecule has 0 radical (unpaired) electrons. The zero-order chi connectivity index (χ0) is 16.4. The minimum atomic E-state index is 0.0176. The number of hydrogen-bond donors (Lipinski definition) is 1. The summed E-state index contributed by atoms with van der Waals surface area (Å²) in [5.74, 6) is 0.329. The monoisotopic (exact) mass is 338 g/mol.